The topological polar surface area (TPSA) is 73.0 Å². The number of hydrogen-bond donors (Lipinski definition) is 0. The molecule has 2 aromatic heterocycles. The van der Waals surface area contributed by atoms with Crippen LogP contribution in [0.1, 0.15) is 44.5 Å². The molecule has 4 rings (SSSR count). The second-order valence-electron chi connectivity index (χ2n) is 6.90. The van der Waals surface area contributed by atoms with Crippen LogP contribution < -0.4 is 0 Å². The van der Waals surface area contributed by atoms with E-state index >= 15 is 0 Å². The quantitative estimate of drug-likeness (QED) is 0.813. The smallest absolute Gasteiger partial charge is 0.262 e. The summed E-state index contributed by atoms with van der Waals surface area (Å²) in [5, 5.41) is 5.09. The summed E-state index contributed by atoms with van der Waals surface area (Å²) in [5.74, 6) is 0.731. The number of hydrogen-bond acceptors (Lipinski definition) is 4. The summed E-state index contributed by atoms with van der Waals surface area (Å²) in [6.07, 6.45) is 8.42. The van der Waals surface area contributed by atoms with Crippen molar-refractivity contribution in [3.63, 3.8) is 0 Å². The van der Waals surface area contributed by atoms with Gasteiger partial charge in [-0.15, -0.1) is 0 Å². The largest absolute Gasteiger partial charge is 0.334 e. The molecule has 136 valence electrons. The maximum Gasteiger partial charge on any atom is 0.262 e. The van der Waals surface area contributed by atoms with Crippen LogP contribution in [0.2, 0.25) is 5.02 Å². The normalized spacial score (nSPS) is 27.1. The molecule has 4 heterocycles. The summed E-state index contributed by atoms with van der Waals surface area (Å²) in [5.41, 5.74) is 0. The first kappa shape index (κ1) is 17.1. The molecule has 2 unspecified atom stereocenters. The van der Waals surface area contributed by atoms with Crippen molar-refractivity contribution >= 4 is 21.6 Å². The van der Waals surface area contributed by atoms with Gasteiger partial charge < -0.3 is 4.57 Å². The maximum atomic E-state index is 13.2. The van der Waals surface area contributed by atoms with Gasteiger partial charge in [0.25, 0.3) is 10.0 Å². The van der Waals surface area contributed by atoms with Crippen molar-refractivity contribution in [3.8, 4) is 0 Å². The highest BCUT2D eigenvalue weighted by molar-refractivity contribution is 7.89. The molecular weight excluding hydrogens is 362 g/mol. The Labute approximate surface area is 152 Å². The molecule has 9 heteroatoms. The van der Waals surface area contributed by atoms with Gasteiger partial charge in [-0.25, -0.2) is 13.4 Å². The molecule has 2 saturated heterocycles. The Hall–Kier alpha value is -1.38. The monoisotopic (exact) mass is 383 g/mol. The van der Waals surface area contributed by atoms with Crippen molar-refractivity contribution in [1.82, 2.24) is 23.6 Å². The Morgan fingerprint density at radius 1 is 1.20 bits per heavy atom. The van der Waals surface area contributed by atoms with Gasteiger partial charge in [0.1, 0.15) is 5.82 Å². The first-order chi connectivity index (χ1) is 11.9. The first-order valence-corrected chi connectivity index (χ1v) is 10.5. The summed E-state index contributed by atoms with van der Waals surface area (Å²) in [4.78, 5) is 4.30. The van der Waals surface area contributed by atoms with Gasteiger partial charge in [0.05, 0.1) is 17.3 Å². The average Bonchev–Trinajstić information content (AvgIpc) is 3.24. The Bertz CT molecular complexity index is 876. The van der Waals surface area contributed by atoms with E-state index in [0.717, 1.165) is 31.5 Å². The lowest BCUT2D eigenvalue weighted by Crippen LogP contribution is -2.47. The van der Waals surface area contributed by atoms with Crippen molar-refractivity contribution in [2.75, 3.05) is 0 Å². The predicted molar refractivity (Wildman–Crippen MR) is 94.0 cm³/mol. The summed E-state index contributed by atoms with van der Waals surface area (Å²) >= 11 is 5.98. The fraction of sp³-hybridized carbons (Fsp3) is 0.625. The zero-order valence-electron chi connectivity index (χ0n) is 14.3. The Balaban J connectivity index is 1.61. The molecule has 2 bridgehead atoms. The van der Waals surface area contributed by atoms with Crippen LogP contribution in [-0.2, 0) is 16.6 Å². The second-order valence-corrected chi connectivity index (χ2v) is 9.12. The molecule has 2 aliphatic rings. The number of fused-ring (bicyclic) bond motifs is 2. The molecule has 2 fully saturated rings. The molecule has 0 amide bonds. The summed E-state index contributed by atoms with van der Waals surface area (Å²) in [6, 6.07) is 0.207. The number of aromatic nitrogens is 4. The van der Waals surface area contributed by atoms with Crippen LogP contribution in [0.3, 0.4) is 0 Å². The second kappa shape index (κ2) is 6.10. The fourth-order valence-electron chi connectivity index (χ4n) is 4.26. The lowest BCUT2D eigenvalue weighted by Gasteiger charge is -2.37. The zero-order valence-corrected chi connectivity index (χ0v) is 15.9. The highest BCUT2D eigenvalue weighted by Crippen LogP contribution is 2.43. The Kier molecular flexibility index (Phi) is 4.16. The third-order valence-corrected chi connectivity index (χ3v) is 7.49. The van der Waals surface area contributed by atoms with E-state index < -0.39 is 10.0 Å². The van der Waals surface area contributed by atoms with Crippen LogP contribution in [-0.4, -0.2) is 44.1 Å². The van der Waals surface area contributed by atoms with E-state index in [1.165, 1.54) is 0 Å². The summed E-state index contributed by atoms with van der Waals surface area (Å²) < 4.78 is 31.8. The molecule has 0 aliphatic carbocycles. The summed E-state index contributed by atoms with van der Waals surface area (Å²) in [7, 11) is -3.56. The molecule has 0 saturated carbocycles. The average molecular weight is 384 g/mol. The lowest BCUT2D eigenvalue weighted by molar-refractivity contribution is 0.184. The molecule has 25 heavy (non-hydrogen) atoms. The van der Waals surface area contributed by atoms with Gasteiger partial charge in [0.15, 0.2) is 5.03 Å². The fourth-order valence-corrected chi connectivity index (χ4v) is 6.30. The van der Waals surface area contributed by atoms with E-state index in [0.29, 0.717) is 11.6 Å². The highest BCUT2D eigenvalue weighted by atomic mass is 35.5. The number of imidazole rings is 1. The molecule has 0 spiro atoms. The van der Waals surface area contributed by atoms with Gasteiger partial charge >= 0.3 is 0 Å². The lowest BCUT2D eigenvalue weighted by atomic mass is 10.00. The van der Waals surface area contributed by atoms with Gasteiger partial charge in [0, 0.05) is 31.0 Å². The van der Waals surface area contributed by atoms with Crippen LogP contribution in [0, 0.1) is 6.92 Å². The van der Waals surface area contributed by atoms with E-state index in [4.69, 9.17) is 11.6 Å². The third-order valence-electron chi connectivity index (χ3n) is 5.42. The van der Waals surface area contributed by atoms with E-state index in [1.54, 1.807) is 16.7 Å². The van der Waals surface area contributed by atoms with Crippen molar-refractivity contribution < 1.29 is 8.42 Å². The zero-order chi connectivity index (χ0) is 17.8. The molecule has 7 nitrogen and oxygen atoms in total. The van der Waals surface area contributed by atoms with E-state index in [2.05, 4.69) is 10.1 Å². The van der Waals surface area contributed by atoms with Crippen LogP contribution in [0.4, 0.5) is 0 Å². The minimum Gasteiger partial charge on any atom is -0.334 e. The van der Waals surface area contributed by atoms with Gasteiger partial charge in [-0.3, -0.25) is 4.68 Å². The highest BCUT2D eigenvalue weighted by Gasteiger charge is 2.48. The number of nitrogens with zero attached hydrogens (tertiary/aromatic N) is 5. The van der Waals surface area contributed by atoms with Gasteiger partial charge in [-0.05, 0) is 39.5 Å². The van der Waals surface area contributed by atoms with Gasteiger partial charge in [-0.1, -0.05) is 11.6 Å². The number of halogens is 1. The number of aryl methyl sites for hydroxylation is 2. The molecular formula is C16H22ClN5O2S. The summed E-state index contributed by atoms with van der Waals surface area (Å²) in [6.45, 7) is 4.53. The molecule has 0 aromatic carbocycles. The molecule has 0 N–H and O–H groups in total. The van der Waals surface area contributed by atoms with E-state index in [1.807, 2.05) is 29.3 Å². The standard InChI is InChI=1S/C16H22ClN5O2S/c1-3-20-10-16(19-11(20)2)25(23,24)22-13-4-5-14(22)7-15(6-13)21-9-12(17)8-18-21/h8-10,13-15H,3-7H2,1-2H3. The molecule has 2 aromatic rings. The molecule has 2 atom stereocenters. The number of rotatable bonds is 4. The van der Waals surface area contributed by atoms with Crippen molar-refractivity contribution in [2.24, 2.45) is 0 Å². The molecule has 2 aliphatic heterocycles. The van der Waals surface area contributed by atoms with Crippen molar-refractivity contribution in [2.45, 2.75) is 69.2 Å². The van der Waals surface area contributed by atoms with Crippen molar-refractivity contribution in [3.05, 3.63) is 29.4 Å². The van der Waals surface area contributed by atoms with Crippen LogP contribution >= 0.6 is 11.6 Å². The van der Waals surface area contributed by atoms with E-state index in [-0.39, 0.29) is 23.2 Å². The minimum atomic E-state index is -3.56. The Morgan fingerprint density at radius 2 is 1.88 bits per heavy atom. The molecule has 0 radical (unpaired) electrons. The van der Waals surface area contributed by atoms with Crippen LogP contribution in [0.25, 0.3) is 0 Å². The third kappa shape index (κ3) is 2.80. The van der Waals surface area contributed by atoms with E-state index in [9.17, 15) is 8.42 Å². The predicted octanol–water partition coefficient (Wildman–Crippen LogP) is 2.62. The van der Waals surface area contributed by atoms with Crippen molar-refractivity contribution in [1.29, 1.82) is 0 Å². The number of piperidine rings is 1. The van der Waals surface area contributed by atoms with Gasteiger partial charge in [0.2, 0.25) is 0 Å². The SMILES string of the molecule is CCn1cc(S(=O)(=O)N2C3CCC2CC(n2cc(Cl)cn2)C3)nc1C. The minimum absolute atomic E-state index is 0.00353. The van der Waals surface area contributed by atoms with Crippen LogP contribution in [0.5, 0.6) is 0 Å². The maximum absolute atomic E-state index is 13.2. The Morgan fingerprint density at radius 3 is 2.40 bits per heavy atom. The van der Waals surface area contributed by atoms with Crippen LogP contribution in [0.15, 0.2) is 23.6 Å². The van der Waals surface area contributed by atoms with Gasteiger partial charge in [-0.2, -0.15) is 9.40 Å². The first-order valence-electron chi connectivity index (χ1n) is 8.67. The number of sulfonamides is 1.